The highest BCUT2D eigenvalue weighted by Gasteiger charge is 2.22. The molecule has 1 fully saturated rings. The quantitative estimate of drug-likeness (QED) is 0.525. The number of carbonyl (C=O) groups excluding carboxylic acids is 1. The van der Waals surface area contributed by atoms with Crippen molar-refractivity contribution in [3.8, 4) is 0 Å². The van der Waals surface area contributed by atoms with Crippen molar-refractivity contribution in [2.75, 3.05) is 17.8 Å². The largest absolute Gasteiger partial charge is 0.349 e. The molecule has 3 aromatic rings. The third kappa shape index (κ3) is 6.24. The third-order valence-corrected chi connectivity index (χ3v) is 7.54. The summed E-state index contributed by atoms with van der Waals surface area (Å²) in [7, 11) is -3.72. The zero-order chi connectivity index (χ0) is 24.1. The standard InChI is InChI=1S/C27H31N3O3S/c1-20-6-10-25(11-7-20)29-34(32,33)26-12-8-23(9-13-26)27(31)28-24-14-16-30(17-15-24)19-22-5-3-4-21(2)18-22/h3-13,18,24,29H,14-17,19H2,1-2H3,(H,28,31). The SMILES string of the molecule is Cc1ccc(NS(=O)(=O)c2ccc(C(=O)NC3CCN(Cc4cccc(C)c4)CC3)cc2)cc1. The van der Waals surface area contributed by atoms with Crippen molar-refractivity contribution in [3.05, 3.63) is 95.1 Å². The van der Waals surface area contributed by atoms with Crippen LogP contribution < -0.4 is 10.0 Å². The van der Waals surface area contributed by atoms with E-state index in [-0.39, 0.29) is 16.8 Å². The molecular formula is C27H31N3O3S. The molecule has 34 heavy (non-hydrogen) atoms. The minimum absolute atomic E-state index is 0.118. The van der Waals surface area contributed by atoms with Crippen molar-refractivity contribution in [3.63, 3.8) is 0 Å². The lowest BCUT2D eigenvalue weighted by molar-refractivity contribution is 0.0909. The Labute approximate surface area is 202 Å². The van der Waals surface area contributed by atoms with Gasteiger partial charge in [0.25, 0.3) is 15.9 Å². The number of rotatable bonds is 7. The Morgan fingerprint density at radius 2 is 1.59 bits per heavy atom. The Balaban J connectivity index is 1.29. The zero-order valence-corrected chi connectivity index (χ0v) is 20.4. The molecule has 0 radical (unpaired) electrons. The van der Waals surface area contributed by atoms with E-state index in [0.717, 1.165) is 38.0 Å². The smallest absolute Gasteiger partial charge is 0.261 e. The van der Waals surface area contributed by atoms with E-state index in [4.69, 9.17) is 0 Å². The Morgan fingerprint density at radius 1 is 0.912 bits per heavy atom. The third-order valence-electron chi connectivity index (χ3n) is 6.14. The molecule has 4 rings (SSSR count). The molecule has 2 N–H and O–H groups in total. The van der Waals surface area contributed by atoms with E-state index in [1.165, 1.54) is 23.3 Å². The van der Waals surface area contributed by atoms with Gasteiger partial charge in [0, 0.05) is 36.9 Å². The first-order valence-corrected chi connectivity index (χ1v) is 13.1. The van der Waals surface area contributed by atoms with Gasteiger partial charge in [-0.05, 0) is 68.7 Å². The van der Waals surface area contributed by atoms with E-state index in [1.807, 2.05) is 19.1 Å². The molecule has 0 bridgehead atoms. The fourth-order valence-electron chi connectivity index (χ4n) is 4.19. The molecular weight excluding hydrogens is 446 g/mol. The van der Waals surface area contributed by atoms with E-state index in [1.54, 1.807) is 24.3 Å². The molecule has 0 saturated carbocycles. The summed E-state index contributed by atoms with van der Waals surface area (Å²) in [6.07, 6.45) is 1.79. The van der Waals surface area contributed by atoms with Gasteiger partial charge in [-0.3, -0.25) is 14.4 Å². The van der Waals surface area contributed by atoms with Gasteiger partial charge in [-0.25, -0.2) is 8.42 Å². The average molecular weight is 478 g/mol. The molecule has 6 nitrogen and oxygen atoms in total. The van der Waals surface area contributed by atoms with Gasteiger partial charge >= 0.3 is 0 Å². The van der Waals surface area contributed by atoms with Crippen molar-refractivity contribution in [2.24, 2.45) is 0 Å². The molecule has 178 valence electrons. The zero-order valence-electron chi connectivity index (χ0n) is 19.6. The number of aryl methyl sites for hydroxylation is 2. The maximum absolute atomic E-state index is 12.7. The maximum Gasteiger partial charge on any atom is 0.261 e. The highest BCUT2D eigenvalue weighted by atomic mass is 32.2. The second kappa shape index (κ2) is 10.4. The van der Waals surface area contributed by atoms with Crippen molar-refractivity contribution in [2.45, 2.75) is 44.2 Å². The number of hydrogen-bond donors (Lipinski definition) is 2. The first kappa shape index (κ1) is 24.0. The lowest BCUT2D eigenvalue weighted by atomic mass is 10.0. The highest BCUT2D eigenvalue weighted by molar-refractivity contribution is 7.92. The van der Waals surface area contributed by atoms with Crippen LogP contribution in [0.15, 0.2) is 77.7 Å². The summed E-state index contributed by atoms with van der Waals surface area (Å²) in [6, 6.07) is 21.9. The van der Waals surface area contributed by atoms with Gasteiger partial charge in [-0.2, -0.15) is 0 Å². The average Bonchev–Trinajstić information content (AvgIpc) is 2.82. The van der Waals surface area contributed by atoms with Crippen LogP contribution in [-0.4, -0.2) is 38.4 Å². The van der Waals surface area contributed by atoms with Gasteiger partial charge in [-0.15, -0.1) is 0 Å². The number of piperidine rings is 1. The number of amides is 1. The summed E-state index contributed by atoms with van der Waals surface area (Å²) in [4.78, 5) is 15.3. The van der Waals surface area contributed by atoms with Crippen LogP contribution in [0, 0.1) is 13.8 Å². The Hall–Kier alpha value is -3.16. The van der Waals surface area contributed by atoms with Crippen molar-refractivity contribution in [1.29, 1.82) is 0 Å². The highest BCUT2D eigenvalue weighted by Crippen LogP contribution is 2.18. The topological polar surface area (TPSA) is 78.5 Å². The summed E-state index contributed by atoms with van der Waals surface area (Å²) >= 11 is 0. The predicted molar refractivity (Wildman–Crippen MR) is 135 cm³/mol. The fraction of sp³-hybridized carbons (Fsp3) is 0.296. The molecule has 1 heterocycles. The minimum Gasteiger partial charge on any atom is -0.349 e. The van der Waals surface area contributed by atoms with Crippen molar-refractivity contribution >= 4 is 21.6 Å². The molecule has 0 aliphatic carbocycles. The number of sulfonamides is 1. The molecule has 0 spiro atoms. The summed E-state index contributed by atoms with van der Waals surface area (Å²) in [5.41, 5.74) is 4.59. The van der Waals surface area contributed by atoms with E-state index >= 15 is 0 Å². The van der Waals surface area contributed by atoms with E-state index in [0.29, 0.717) is 11.3 Å². The van der Waals surface area contributed by atoms with Gasteiger partial charge in [0.15, 0.2) is 0 Å². The van der Waals surface area contributed by atoms with E-state index in [2.05, 4.69) is 46.1 Å². The second-order valence-electron chi connectivity index (χ2n) is 9.01. The molecule has 1 saturated heterocycles. The van der Waals surface area contributed by atoms with Crippen LogP contribution in [0.5, 0.6) is 0 Å². The monoisotopic (exact) mass is 477 g/mol. The number of benzene rings is 3. The number of carbonyl (C=O) groups is 1. The number of anilines is 1. The molecule has 0 atom stereocenters. The Morgan fingerprint density at radius 3 is 2.24 bits per heavy atom. The van der Waals surface area contributed by atoms with Crippen molar-refractivity contribution < 1.29 is 13.2 Å². The molecule has 0 aromatic heterocycles. The van der Waals surface area contributed by atoms with Gasteiger partial charge in [0.2, 0.25) is 0 Å². The van der Waals surface area contributed by atoms with Crippen LogP contribution in [0.3, 0.4) is 0 Å². The van der Waals surface area contributed by atoms with E-state index in [9.17, 15) is 13.2 Å². The van der Waals surface area contributed by atoms with Gasteiger partial charge in [0.05, 0.1) is 4.90 Å². The Bertz CT molecular complexity index is 1230. The summed E-state index contributed by atoms with van der Waals surface area (Å²) in [5, 5.41) is 3.10. The van der Waals surface area contributed by atoms with Crippen LogP contribution in [0.2, 0.25) is 0 Å². The lowest BCUT2D eigenvalue weighted by Gasteiger charge is -2.32. The van der Waals surface area contributed by atoms with E-state index < -0.39 is 10.0 Å². The number of nitrogens with one attached hydrogen (secondary N) is 2. The first-order chi connectivity index (χ1) is 16.3. The second-order valence-corrected chi connectivity index (χ2v) is 10.7. The maximum atomic E-state index is 12.7. The molecule has 3 aromatic carbocycles. The van der Waals surface area contributed by atoms with Crippen molar-refractivity contribution in [1.82, 2.24) is 10.2 Å². The van der Waals surface area contributed by atoms with Gasteiger partial charge in [0.1, 0.15) is 0 Å². The van der Waals surface area contributed by atoms with Crippen LogP contribution in [0.25, 0.3) is 0 Å². The van der Waals surface area contributed by atoms with Gasteiger partial charge in [-0.1, -0.05) is 47.5 Å². The molecule has 1 aliphatic rings. The molecule has 7 heteroatoms. The lowest BCUT2D eigenvalue weighted by Crippen LogP contribution is -2.44. The van der Waals surface area contributed by atoms with Gasteiger partial charge < -0.3 is 5.32 Å². The summed E-state index contributed by atoms with van der Waals surface area (Å²) in [6.45, 7) is 6.83. The summed E-state index contributed by atoms with van der Waals surface area (Å²) < 4.78 is 27.9. The minimum atomic E-state index is -3.72. The van der Waals surface area contributed by atoms with Crippen LogP contribution in [0.1, 0.15) is 39.9 Å². The van der Waals surface area contributed by atoms with Crippen LogP contribution >= 0.6 is 0 Å². The predicted octanol–water partition coefficient (Wildman–Crippen LogP) is 4.50. The number of hydrogen-bond acceptors (Lipinski definition) is 4. The fourth-order valence-corrected chi connectivity index (χ4v) is 5.25. The first-order valence-electron chi connectivity index (χ1n) is 11.6. The van der Waals surface area contributed by atoms with Crippen LogP contribution in [0.4, 0.5) is 5.69 Å². The number of likely N-dealkylation sites (tertiary alicyclic amines) is 1. The Kier molecular flexibility index (Phi) is 7.34. The number of nitrogens with zero attached hydrogens (tertiary/aromatic N) is 1. The van der Waals surface area contributed by atoms with Crippen LogP contribution in [-0.2, 0) is 16.6 Å². The molecule has 1 aliphatic heterocycles. The normalized spacial score (nSPS) is 15.1. The molecule has 1 amide bonds. The molecule has 0 unspecified atom stereocenters. The summed E-state index contributed by atoms with van der Waals surface area (Å²) in [5.74, 6) is -0.174.